The van der Waals surface area contributed by atoms with Crippen LogP contribution in [-0.4, -0.2) is 23.5 Å². The summed E-state index contributed by atoms with van der Waals surface area (Å²) >= 11 is 3.48. The van der Waals surface area contributed by atoms with Gasteiger partial charge in [0.2, 0.25) is 5.91 Å². The number of carboxylic acids is 1. The number of carbonyl (C=O) groups excluding carboxylic acids is 1. The van der Waals surface area contributed by atoms with E-state index in [0.29, 0.717) is 19.4 Å². The fourth-order valence-electron chi connectivity index (χ4n) is 3.07. The summed E-state index contributed by atoms with van der Waals surface area (Å²) in [6, 6.07) is 8.16. The maximum atomic E-state index is 12.2. The summed E-state index contributed by atoms with van der Waals surface area (Å²) in [5.74, 6) is -1.32. The van der Waals surface area contributed by atoms with Crippen molar-refractivity contribution >= 4 is 27.8 Å². The molecule has 0 heterocycles. The Kier molecular flexibility index (Phi) is 3.56. The molecular weight excluding hydrogens is 334 g/mol. The summed E-state index contributed by atoms with van der Waals surface area (Å²) in [5.41, 5.74) is 0.0274. The molecule has 0 unspecified atom stereocenters. The van der Waals surface area contributed by atoms with Gasteiger partial charge in [-0.05, 0) is 43.4 Å². The van der Waals surface area contributed by atoms with Crippen LogP contribution in [0.4, 0.5) is 0 Å². The van der Waals surface area contributed by atoms with Crippen molar-refractivity contribution in [2.24, 2.45) is 5.41 Å². The van der Waals surface area contributed by atoms with Crippen molar-refractivity contribution in [3.63, 3.8) is 0 Å². The lowest BCUT2D eigenvalue weighted by molar-refractivity contribution is -0.149. The third kappa shape index (κ3) is 2.48. The van der Waals surface area contributed by atoms with Crippen LogP contribution in [0.15, 0.2) is 28.7 Å². The van der Waals surface area contributed by atoms with Gasteiger partial charge >= 0.3 is 5.97 Å². The van der Waals surface area contributed by atoms with E-state index in [-0.39, 0.29) is 11.3 Å². The number of hydrogen-bond donors (Lipinski definition) is 2. The first-order valence-electron chi connectivity index (χ1n) is 7.26. The van der Waals surface area contributed by atoms with E-state index < -0.39 is 11.4 Å². The van der Waals surface area contributed by atoms with Gasteiger partial charge in [0, 0.05) is 16.4 Å². The summed E-state index contributed by atoms with van der Waals surface area (Å²) in [7, 11) is 0. The second-order valence-electron chi connectivity index (χ2n) is 6.21. The first kappa shape index (κ1) is 14.6. The Hall–Kier alpha value is -1.36. The first-order valence-corrected chi connectivity index (χ1v) is 8.06. The lowest BCUT2D eigenvalue weighted by Crippen LogP contribution is -2.48. The number of halogens is 1. The summed E-state index contributed by atoms with van der Waals surface area (Å²) in [4.78, 5) is 23.3. The number of carbonyl (C=O) groups is 2. The van der Waals surface area contributed by atoms with E-state index in [1.165, 1.54) is 5.56 Å². The van der Waals surface area contributed by atoms with Crippen LogP contribution in [0.25, 0.3) is 0 Å². The summed E-state index contributed by atoms with van der Waals surface area (Å²) in [5, 5.41) is 12.1. The number of carboxylic acid groups (broad SMARTS) is 1. The van der Waals surface area contributed by atoms with Crippen molar-refractivity contribution in [2.75, 3.05) is 6.54 Å². The van der Waals surface area contributed by atoms with Crippen LogP contribution in [0.1, 0.15) is 37.7 Å². The maximum Gasteiger partial charge on any atom is 0.319 e. The smallest absolute Gasteiger partial charge is 0.319 e. The van der Waals surface area contributed by atoms with Gasteiger partial charge in [-0.15, -0.1) is 0 Å². The minimum Gasteiger partial charge on any atom is -0.480 e. The molecule has 0 spiro atoms. The van der Waals surface area contributed by atoms with E-state index in [1.54, 1.807) is 0 Å². The molecule has 0 atom stereocenters. The molecule has 21 heavy (non-hydrogen) atoms. The van der Waals surface area contributed by atoms with Gasteiger partial charge in [0.1, 0.15) is 5.41 Å². The van der Waals surface area contributed by atoms with Gasteiger partial charge in [-0.25, -0.2) is 0 Å². The van der Waals surface area contributed by atoms with Crippen LogP contribution < -0.4 is 5.32 Å². The van der Waals surface area contributed by atoms with Gasteiger partial charge in [-0.1, -0.05) is 34.5 Å². The molecule has 0 radical (unpaired) electrons. The van der Waals surface area contributed by atoms with Crippen molar-refractivity contribution in [2.45, 2.75) is 37.5 Å². The highest BCUT2D eigenvalue weighted by molar-refractivity contribution is 9.10. The van der Waals surface area contributed by atoms with Gasteiger partial charge in [-0.3, -0.25) is 9.59 Å². The third-order valence-electron chi connectivity index (χ3n) is 4.93. The molecular formula is C16H18BrNO3. The molecule has 1 amide bonds. The van der Waals surface area contributed by atoms with Crippen LogP contribution in [0, 0.1) is 5.41 Å². The minimum absolute atomic E-state index is 0.0337. The molecule has 2 aliphatic rings. The molecule has 5 heteroatoms. The molecule has 0 aliphatic heterocycles. The molecule has 0 bridgehead atoms. The highest BCUT2D eigenvalue weighted by Crippen LogP contribution is 2.47. The number of hydrogen-bond acceptors (Lipinski definition) is 2. The monoisotopic (exact) mass is 351 g/mol. The van der Waals surface area contributed by atoms with Crippen LogP contribution in [0.5, 0.6) is 0 Å². The second kappa shape index (κ2) is 5.13. The highest BCUT2D eigenvalue weighted by atomic mass is 79.9. The Morgan fingerprint density at radius 3 is 2.43 bits per heavy atom. The number of amides is 1. The fourth-order valence-corrected chi connectivity index (χ4v) is 3.47. The lowest BCUT2D eigenvalue weighted by Gasteiger charge is -2.43. The Morgan fingerprint density at radius 2 is 1.95 bits per heavy atom. The Balaban J connectivity index is 1.71. The molecule has 1 aromatic carbocycles. The molecule has 3 rings (SSSR count). The Labute approximate surface area is 132 Å². The second-order valence-corrected chi connectivity index (χ2v) is 7.13. The number of nitrogens with one attached hydrogen (secondary N) is 1. The van der Waals surface area contributed by atoms with Gasteiger partial charge in [0.25, 0.3) is 0 Å². The molecule has 112 valence electrons. The lowest BCUT2D eigenvalue weighted by atomic mass is 9.64. The van der Waals surface area contributed by atoms with Crippen molar-refractivity contribution < 1.29 is 14.7 Å². The van der Waals surface area contributed by atoms with Crippen molar-refractivity contribution in [1.82, 2.24) is 5.32 Å². The summed E-state index contributed by atoms with van der Waals surface area (Å²) in [6.07, 6.45) is 4.12. The quantitative estimate of drug-likeness (QED) is 0.801. The van der Waals surface area contributed by atoms with Crippen LogP contribution in [0.3, 0.4) is 0 Å². The van der Waals surface area contributed by atoms with E-state index in [2.05, 4.69) is 33.4 Å². The first-order chi connectivity index (χ1) is 9.98. The largest absolute Gasteiger partial charge is 0.480 e. The number of rotatable bonds is 5. The zero-order chi connectivity index (χ0) is 15.1. The highest BCUT2D eigenvalue weighted by Gasteiger charge is 2.57. The number of benzene rings is 1. The molecule has 2 aliphatic carbocycles. The Bertz CT molecular complexity index is 591. The van der Waals surface area contributed by atoms with E-state index in [4.69, 9.17) is 5.11 Å². The predicted octanol–water partition coefficient (Wildman–Crippen LogP) is 2.85. The van der Waals surface area contributed by atoms with E-state index >= 15 is 0 Å². The number of aliphatic carboxylic acids is 1. The summed E-state index contributed by atoms with van der Waals surface area (Å²) < 4.78 is 1.03. The normalized spacial score (nSPS) is 21.2. The van der Waals surface area contributed by atoms with Gasteiger partial charge < -0.3 is 10.4 Å². The van der Waals surface area contributed by atoms with Gasteiger partial charge in [0.15, 0.2) is 0 Å². The van der Waals surface area contributed by atoms with Crippen molar-refractivity contribution in [1.29, 1.82) is 0 Å². The van der Waals surface area contributed by atoms with Crippen molar-refractivity contribution in [3.05, 3.63) is 34.3 Å². The predicted molar refractivity (Wildman–Crippen MR) is 82.0 cm³/mol. The van der Waals surface area contributed by atoms with Crippen molar-refractivity contribution in [3.8, 4) is 0 Å². The average Bonchev–Trinajstić information content (AvgIpc) is 3.18. The summed E-state index contributed by atoms with van der Waals surface area (Å²) in [6.45, 7) is 0.525. The zero-order valence-corrected chi connectivity index (χ0v) is 13.3. The molecule has 0 saturated heterocycles. The third-order valence-corrected chi connectivity index (χ3v) is 5.42. The molecule has 1 aromatic rings. The maximum absolute atomic E-state index is 12.2. The van der Waals surface area contributed by atoms with Gasteiger partial charge in [-0.2, -0.15) is 0 Å². The molecule has 2 saturated carbocycles. The average molecular weight is 352 g/mol. The minimum atomic E-state index is -1.15. The van der Waals surface area contributed by atoms with Crippen LogP contribution in [0.2, 0.25) is 0 Å². The fraction of sp³-hybridized carbons (Fsp3) is 0.500. The van der Waals surface area contributed by atoms with Gasteiger partial charge in [0.05, 0.1) is 0 Å². The molecule has 2 N–H and O–H groups in total. The van der Waals surface area contributed by atoms with E-state index in [9.17, 15) is 9.59 Å². The van der Waals surface area contributed by atoms with Crippen LogP contribution >= 0.6 is 15.9 Å². The SMILES string of the molecule is O=C(O)C1(C(=O)NCC2(c3cccc(Br)c3)CCC2)CC1. The standard InChI is InChI=1S/C16H18BrNO3/c17-12-4-1-3-11(9-12)15(5-2-6-15)10-18-13(19)16(7-8-16)14(20)21/h1,3-4,9H,2,5-8,10H2,(H,18,19)(H,20,21). The zero-order valence-electron chi connectivity index (χ0n) is 11.7. The van der Waals surface area contributed by atoms with E-state index in [0.717, 1.165) is 23.7 Å². The molecule has 0 aromatic heterocycles. The van der Waals surface area contributed by atoms with Crippen LogP contribution in [-0.2, 0) is 15.0 Å². The van der Waals surface area contributed by atoms with E-state index in [1.807, 2.05) is 12.1 Å². The molecule has 2 fully saturated rings. The Morgan fingerprint density at radius 1 is 1.24 bits per heavy atom. The molecule has 4 nitrogen and oxygen atoms in total. The topological polar surface area (TPSA) is 66.4 Å².